The highest BCUT2D eigenvalue weighted by molar-refractivity contribution is 5.69. The zero-order valence-corrected chi connectivity index (χ0v) is 9.85. The molecule has 4 heteroatoms. The lowest BCUT2D eigenvalue weighted by Gasteiger charge is -2.10. The maximum atomic E-state index is 11.3. The molecule has 1 heterocycles. The lowest BCUT2D eigenvalue weighted by atomic mass is 10.2. The Kier molecular flexibility index (Phi) is 3.27. The standard InChI is InChI=1S/C12H18N2O2/c1-3-16-12(15)8-9(2)14-7-6-11(13-14)10-4-5-10/h6-7,9-10H,3-5,8H2,1-2H3. The van der Waals surface area contributed by atoms with Crippen LogP contribution < -0.4 is 0 Å². The number of hydrogen-bond acceptors (Lipinski definition) is 3. The topological polar surface area (TPSA) is 44.1 Å². The fourth-order valence-corrected chi connectivity index (χ4v) is 1.75. The smallest absolute Gasteiger partial charge is 0.307 e. The summed E-state index contributed by atoms with van der Waals surface area (Å²) in [5.41, 5.74) is 1.16. The second kappa shape index (κ2) is 4.68. The van der Waals surface area contributed by atoms with Crippen LogP contribution >= 0.6 is 0 Å². The van der Waals surface area contributed by atoms with E-state index in [-0.39, 0.29) is 12.0 Å². The summed E-state index contributed by atoms with van der Waals surface area (Å²) < 4.78 is 6.79. The third kappa shape index (κ3) is 2.62. The van der Waals surface area contributed by atoms with E-state index in [0.717, 1.165) is 5.69 Å². The number of aromatic nitrogens is 2. The van der Waals surface area contributed by atoms with Crippen molar-refractivity contribution in [1.29, 1.82) is 0 Å². The molecule has 1 aromatic heterocycles. The highest BCUT2D eigenvalue weighted by atomic mass is 16.5. The quantitative estimate of drug-likeness (QED) is 0.718. The van der Waals surface area contributed by atoms with Gasteiger partial charge in [0.2, 0.25) is 0 Å². The average molecular weight is 222 g/mol. The van der Waals surface area contributed by atoms with E-state index < -0.39 is 0 Å². The van der Waals surface area contributed by atoms with Crippen molar-refractivity contribution in [1.82, 2.24) is 9.78 Å². The predicted octanol–water partition coefficient (Wildman–Crippen LogP) is 2.27. The maximum absolute atomic E-state index is 11.3. The van der Waals surface area contributed by atoms with Gasteiger partial charge in [-0.15, -0.1) is 0 Å². The van der Waals surface area contributed by atoms with Crippen molar-refractivity contribution < 1.29 is 9.53 Å². The van der Waals surface area contributed by atoms with E-state index in [2.05, 4.69) is 11.2 Å². The Hall–Kier alpha value is -1.32. The van der Waals surface area contributed by atoms with Crippen LogP contribution in [0, 0.1) is 0 Å². The van der Waals surface area contributed by atoms with Gasteiger partial charge in [-0.2, -0.15) is 5.10 Å². The van der Waals surface area contributed by atoms with Crippen LogP contribution in [-0.4, -0.2) is 22.4 Å². The van der Waals surface area contributed by atoms with Crippen LogP contribution in [0.5, 0.6) is 0 Å². The Balaban J connectivity index is 1.91. The third-order valence-corrected chi connectivity index (χ3v) is 2.84. The van der Waals surface area contributed by atoms with Gasteiger partial charge in [-0.1, -0.05) is 0 Å². The molecule has 0 radical (unpaired) electrons. The summed E-state index contributed by atoms with van der Waals surface area (Å²) in [4.78, 5) is 11.3. The van der Waals surface area contributed by atoms with Gasteiger partial charge >= 0.3 is 5.97 Å². The summed E-state index contributed by atoms with van der Waals surface area (Å²) in [6, 6.07) is 2.13. The Bertz CT molecular complexity index is 369. The summed E-state index contributed by atoms with van der Waals surface area (Å²) in [7, 11) is 0. The molecule has 4 nitrogen and oxygen atoms in total. The van der Waals surface area contributed by atoms with E-state index in [9.17, 15) is 4.79 Å². The van der Waals surface area contributed by atoms with Crippen molar-refractivity contribution in [2.45, 2.75) is 45.1 Å². The molecule has 0 aliphatic heterocycles. The monoisotopic (exact) mass is 222 g/mol. The van der Waals surface area contributed by atoms with Crippen molar-refractivity contribution in [3.05, 3.63) is 18.0 Å². The van der Waals surface area contributed by atoms with Crippen LogP contribution in [0.4, 0.5) is 0 Å². The molecule has 0 amide bonds. The van der Waals surface area contributed by atoms with Gasteiger partial charge in [-0.05, 0) is 32.8 Å². The van der Waals surface area contributed by atoms with Gasteiger partial charge in [-0.3, -0.25) is 9.48 Å². The molecule has 16 heavy (non-hydrogen) atoms. The molecular weight excluding hydrogens is 204 g/mol. The van der Waals surface area contributed by atoms with Gasteiger partial charge < -0.3 is 4.74 Å². The SMILES string of the molecule is CCOC(=O)CC(C)n1ccc(C2CC2)n1. The third-order valence-electron chi connectivity index (χ3n) is 2.84. The number of nitrogens with zero attached hydrogens (tertiary/aromatic N) is 2. The Morgan fingerprint density at radius 1 is 1.69 bits per heavy atom. The molecule has 2 rings (SSSR count). The number of esters is 1. The van der Waals surface area contributed by atoms with Gasteiger partial charge in [0.05, 0.1) is 24.8 Å². The molecule has 1 saturated carbocycles. The molecule has 1 aromatic rings. The van der Waals surface area contributed by atoms with E-state index in [1.54, 1.807) is 0 Å². The van der Waals surface area contributed by atoms with Crippen LogP contribution in [-0.2, 0) is 9.53 Å². The fourth-order valence-electron chi connectivity index (χ4n) is 1.75. The first-order chi connectivity index (χ1) is 7.70. The van der Waals surface area contributed by atoms with E-state index in [4.69, 9.17) is 4.74 Å². The molecule has 0 saturated heterocycles. The Morgan fingerprint density at radius 2 is 2.44 bits per heavy atom. The number of carbonyl (C=O) groups is 1. The maximum Gasteiger partial charge on any atom is 0.307 e. The molecule has 1 unspecified atom stereocenters. The second-order valence-corrected chi connectivity index (χ2v) is 4.35. The average Bonchev–Trinajstić information content (AvgIpc) is 2.96. The van der Waals surface area contributed by atoms with Crippen molar-refractivity contribution in [2.24, 2.45) is 0 Å². The van der Waals surface area contributed by atoms with Crippen LogP contribution in [0.1, 0.15) is 50.8 Å². The lowest BCUT2D eigenvalue weighted by Crippen LogP contribution is -2.14. The summed E-state index contributed by atoms with van der Waals surface area (Å²) in [5.74, 6) is 0.509. The number of carbonyl (C=O) groups excluding carboxylic acids is 1. The Morgan fingerprint density at radius 3 is 3.06 bits per heavy atom. The highest BCUT2D eigenvalue weighted by Gasteiger charge is 2.26. The minimum Gasteiger partial charge on any atom is -0.466 e. The summed E-state index contributed by atoms with van der Waals surface area (Å²) in [5, 5.41) is 4.49. The molecule has 0 bridgehead atoms. The molecule has 1 fully saturated rings. The van der Waals surface area contributed by atoms with Crippen LogP contribution in [0.25, 0.3) is 0 Å². The Labute approximate surface area is 95.6 Å². The molecule has 0 N–H and O–H groups in total. The van der Waals surface area contributed by atoms with Crippen LogP contribution in [0.15, 0.2) is 12.3 Å². The summed E-state index contributed by atoms with van der Waals surface area (Å²) in [6.45, 7) is 4.25. The minimum absolute atomic E-state index is 0.0755. The molecular formula is C12H18N2O2. The molecule has 88 valence electrons. The number of hydrogen-bond donors (Lipinski definition) is 0. The first-order valence-corrected chi connectivity index (χ1v) is 5.91. The largest absolute Gasteiger partial charge is 0.466 e. The van der Waals surface area contributed by atoms with Crippen molar-refractivity contribution in [2.75, 3.05) is 6.61 Å². The zero-order valence-electron chi connectivity index (χ0n) is 9.85. The van der Waals surface area contributed by atoms with Crippen molar-refractivity contribution >= 4 is 5.97 Å². The van der Waals surface area contributed by atoms with Crippen molar-refractivity contribution in [3.63, 3.8) is 0 Å². The molecule has 1 aliphatic rings. The lowest BCUT2D eigenvalue weighted by molar-refractivity contribution is -0.143. The minimum atomic E-state index is -0.154. The van der Waals surface area contributed by atoms with E-state index in [1.807, 2.05) is 24.7 Å². The molecule has 0 aromatic carbocycles. The summed E-state index contributed by atoms with van der Waals surface area (Å²) >= 11 is 0. The molecule has 0 spiro atoms. The fraction of sp³-hybridized carbons (Fsp3) is 0.667. The highest BCUT2D eigenvalue weighted by Crippen LogP contribution is 2.39. The van der Waals surface area contributed by atoms with E-state index in [1.165, 1.54) is 12.8 Å². The molecule has 1 aliphatic carbocycles. The van der Waals surface area contributed by atoms with Crippen LogP contribution in [0.3, 0.4) is 0 Å². The number of rotatable bonds is 5. The first-order valence-electron chi connectivity index (χ1n) is 5.91. The summed E-state index contributed by atoms with van der Waals surface area (Å²) in [6.07, 6.45) is 4.85. The predicted molar refractivity (Wildman–Crippen MR) is 60.2 cm³/mol. The first kappa shape index (κ1) is 11.2. The number of ether oxygens (including phenoxy) is 1. The van der Waals surface area contributed by atoms with Gasteiger partial charge in [0.1, 0.15) is 0 Å². The van der Waals surface area contributed by atoms with Gasteiger partial charge in [-0.25, -0.2) is 0 Å². The van der Waals surface area contributed by atoms with Crippen LogP contribution in [0.2, 0.25) is 0 Å². The van der Waals surface area contributed by atoms with Gasteiger partial charge in [0.25, 0.3) is 0 Å². The van der Waals surface area contributed by atoms with Gasteiger partial charge in [0.15, 0.2) is 0 Å². The van der Waals surface area contributed by atoms with Crippen molar-refractivity contribution in [3.8, 4) is 0 Å². The second-order valence-electron chi connectivity index (χ2n) is 4.35. The van der Waals surface area contributed by atoms with E-state index >= 15 is 0 Å². The normalized spacial score (nSPS) is 17.1. The molecule has 1 atom stereocenters. The van der Waals surface area contributed by atoms with E-state index in [0.29, 0.717) is 18.9 Å². The zero-order chi connectivity index (χ0) is 11.5. The van der Waals surface area contributed by atoms with Gasteiger partial charge in [0, 0.05) is 12.1 Å².